The van der Waals surface area contributed by atoms with Crippen molar-refractivity contribution in [2.45, 2.75) is 19.3 Å². The Bertz CT molecular complexity index is 322. The van der Waals surface area contributed by atoms with Crippen molar-refractivity contribution < 1.29 is 4.79 Å². The lowest BCUT2D eigenvalue weighted by molar-refractivity contribution is -0.125. The van der Waals surface area contributed by atoms with Crippen LogP contribution in [0.1, 0.15) is 19.4 Å². The summed E-state index contributed by atoms with van der Waals surface area (Å²) in [7, 11) is 0. The molecule has 0 fully saturated rings. The molecular formula is C12H16ClNO. The predicted molar refractivity (Wildman–Crippen MR) is 63.2 cm³/mol. The molecule has 0 aromatic heterocycles. The average molecular weight is 226 g/mol. The molecule has 1 N–H and O–H groups in total. The van der Waals surface area contributed by atoms with Gasteiger partial charge in [0.05, 0.1) is 5.41 Å². The highest BCUT2D eigenvalue weighted by molar-refractivity contribution is 6.18. The zero-order valence-electron chi connectivity index (χ0n) is 9.09. The van der Waals surface area contributed by atoms with E-state index in [0.29, 0.717) is 12.4 Å². The number of carbonyl (C=O) groups excluding carboxylic acids is 1. The molecule has 1 amide bonds. The quantitative estimate of drug-likeness (QED) is 0.783. The fourth-order valence-electron chi connectivity index (χ4n) is 1.37. The molecule has 0 atom stereocenters. The van der Waals surface area contributed by atoms with Crippen molar-refractivity contribution in [2.24, 2.45) is 0 Å². The normalized spacial score (nSPS) is 11.1. The number of carbonyl (C=O) groups is 1. The topological polar surface area (TPSA) is 29.1 Å². The maximum Gasteiger partial charge on any atom is 0.230 e. The van der Waals surface area contributed by atoms with E-state index >= 15 is 0 Å². The zero-order valence-corrected chi connectivity index (χ0v) is 9.84. The SMILES string of the molecule is CC(C)(C(=O)NCCCl)c1ccccc1. The number of halogens is 1. The third-order valence-corrected chi connectivity index (χ3v) is 2.63. The summed E-state index contributed by atoms with van der Waals surface area (Å²) in [6.07, 6.45) is 0. The van der Waals surface area contributed by atoms with Gasteiger partial charge in [0.15, 0.2) is 0 Å². The Labute approximate surface area is 95.6 Å². The van der Waals surface area contributed by atoms with Crippen LogP contribution in [-0.2, 0) is 10.2 Å². The lowest BCUT2D eigenvalue weighted by atomic mass is 9.84. The lowest BCUT2D eigenvalue weighted by Crippen LogP contribution is -2.40. The van der Waals surface area contributed by atoms with E-state index in [-0.39, 0.29) is 5.91 Å². The summed E-state index contributed by atoms with van der Waals surface area (Å²) in [4.78, 5) is 11.9. The van der Waals surface area contributed by atoms with Gasteiger partial charge in [-0.15, -0.1) is 11.6 Å². The number of amides is 1. The molecule has 2 nitrogen and oxygen atoms in total. The largest absolute Gasteiger partial charge is 0.354 e. The van der Waals surface area contributed by atoms with Crippen LogP contribution in [0.15, 0.2) is 30.3 Å². The number of nitrogens with one attached hydrogen (secondary N) is 1. The molecule has 0 bridgehead atoms. The zero-order chi connectivity index (χ0) is 11.3. The van der Waals surface area contributed by atoms with Gasteiger partial charge in [0, 0.05) is 12.4 Å². The molecule has 0 saturated heterocycles. The molecule has 0 aliphatic heterocycles. The Morgan fingerprint density at radius 3 is 2.47 bits per heavy atom. The van der Waals surface area contributed by atoms with Crippen molar-refractivity contribution in [2.75, 3.05) is 12.4 Å². The molecular weight excluding hydrogens is 210 g/mol. The van der Waals surface area contributed by atoms with Crippen LogP contribution in [0.25, 0.3) is 0 Å². The Morgan fingerprint density at radius 1 is 1.33 bits per heavy atom. The highest BCUT2D eigenvalue weighted by atomic mass is 35.5. The number of hydrogen-bond donors (Lipinski definition) is 1. The van der Waals surface area contributed by atoms with Crippen LogP contribution in [0.3, 0.4) is 0 Å². The first-order valence-electron chi connectivity index (χ1n) is 4.99. The van der Waals surface area contributed by atoms with Crippen molar-refractivity contribution >= 4 is 17.5 Å². The Balaban J connectivity index is 2.78. The van der Waals surface area contributed by atoms with E-state index in [1.807, 2.05) is 44.2 Å². The predicted octanol–water partition coefficient (Wildman–Crippen LogP) is 2.32. The lowest BCUT2D eigenvalue weighted by Gasteiger charge is -2.23. The molecule has 0 aliphatic carbocycles. The molecule has 0 heterocycles. The van der Waals surface area contributed by atoms with Gasteiger partial charge in [-0.1, -0.05) is 30.3 Å². The fourth-order valence-corrected chi connectivity index (χ4v) is 1.46. The minimum absolute atomic E-state index is 0.00866. The van der Waals surface area contributed by atoms with Crippen LogP contribution < -0.4 is 5.32 Å². The summed E-state index contributed by atoms with van der Waals surface area (Å²) in [6, 6.07) is 9.73. The van der Waals surface area contributed by atoms with Gasteiger partial charge in [0.25, 0.3) is 0 Å². The van der Waals surface area contributed by atoms with Gasteiger partial charge >= 0.3 is 0 Å². The average Bonchev–Trinajstić information content (AvgIpc) is 2.27. The van der Waals surface area contributed by atoms with Gasteiger partial charge in [0.2, 0.25) is 5.91 Å². The van der Waals surface area contributed by atoms with Crippen molar-refractivity contribution in [3.8, 4) is 0 Å². The van der Waals surface area contributed by atoms with Crippen LogP contribution in [0, 0.1) is 0 Å². The Kier molecular flexibility index (Phi) is 4.15. The fraction of sp³-hybridized carbons (Fsp3) is 0.417. The molecule has 82 valence electrons. The van der Waals surface area contributed by atoms with Crippen LogP contribution in [0.4, 0.5) is 0 Å². The van der Waals surface area contributed by atoms with Crippen LogP contribution in [-0.4, -0.2) is 18.3 Å². The maximum absolute atomic E-state index is 11.9. The highest BCUT2D eigenvalue weighted by Crippen LogP contribution is 2.22. The second-order valence-corrected chi connectivity index (χ2v) is 4.31. The summed E-state index contributed by atoms with van der Waals surface area (Å²) in [6.45, 7) is 4.33. The monoisotopic (exact) mass is 225 g/mol. The molecule has 3 heteroatoms. The van der Waals surface area contributed by atoms with Gasteiger partial charge in [-0.05, 0) is 19.4 Å². The van der Waals surface area contributed by atoms with Crippen molar-refractivity contribution in [3.05, 3.63) is 35.9 Å². The van der Waals surface area contributed by atoms with Crippen LogP contribution >= 0.6 is 11.6 Å². The summed E-state index contributed by atoms with van der Waals surface area (Å²) in [5, 5.41) is 2.80. The van der Waals surface area contributed by atoms with Gasteiger partial charge in [-0.3, -0.25) is 4.79 Å². The third kappa shape index (κ3) is 2.96. The molecule has 0 spiro atoms. The molecule has 0 unspecified atom stereocenters. The molecule has 1 aromatic rings. The number of rotatable bonds is 4. The highest BCUT2D eigenvalue weighted by Gasteiger charge is 2.28. The maximum atomic E-state index is 11.9. The van der Waals surface area contributed by atoms with Gasteiger partial charge in [0.1, 0.15) is 0 Å². The minimum Gasteiger partial charge on any atom is -0.354 e. The number of alkyl halides is 1. The van der Waals surface area contributed by atoms with E-state index in [4.69, 9.17) is 11.6 Å². The second kappa shape index (κ2) is 5.17. The van der Waals surface area contributed by atoms with E-state index in [1.165, 1.54) is 0 Å². The number of benzene rings is 1. The van der Waals surface area contributed by atoms with E-state index in [9.17, 15) is 4.79 Å². The van der Waals surface area contributed by atoms with Crippen molar-refractivity contribution in [1.82, 2.24) is 5.32 Å². The van der Waals surface area contributed by atoms with Gasteiger partial charge < -0.3 is 5.32 Å². The van der Waals surface area contributed by atoms with E-state index in [2.05, 4.69) is 5.32 Å². The van der Waals surface area contributed by atoms with Gasteiger partial charge in [-0.25, -0.2) is 0 Å². The molecule has 0 saturated carbocycles. The van der Waals surface area contributed by atoms with Crippen LogP contribution in [0.5, 0.6) is 0 Å². The third-order valence-electron chi connectivity index (χ3n) is 2.44. The molecule has 0 aliphatic rings. The van der Waals surface area contributed by atoms with E-state index in [0.717, 1.165) is 5.56 Å². The summed E-state index contributed by atoms with van der Waals surface area (Å²) in [5.74, 6) is 0.450. The number of hydrogen-bond acceptors (Lipinski definition) is 1. The summed E-state index contributed by atoms with van der Waals surface area (Å²) in [5.41, 5.74) is 0.505. The molecule has 0 radical (unpaired) electrons. The van der Waals surface area contributed by atoms with E-state index < -0.39 is 5.41 Å². The molecule has 15 heavy (non-hydrogen) atoms. The summed E-state index contributed by atoms with van der Waals surface area (Å²) < 4.78 is 0. The molecule has 1 rings (SSSR count). The second-order valence-electron chi connectivity index (χ2n) is 3.94. The first-order chi connectivity index (χ1) is 7.09. The Hall–Kier alpha value is -1.02. The standard InChI is InChI=1S/C12H16ClNO/c1-12(2,11(15)14-9-8-13)10-6-4-3-5-7-10/h3-7H,8-9H2,1-2H3,(H,14,15). The van der Waals surface area contributed by atoms with Crippen LogP contribution in [0.2, 0.25) is 0 Å². The van der Waals surface area contributed by atoms with Crippen molar-refractivity contribution in [1.29, 1.82) is 0 Å². The van der Waals surface area contributed by atoms with Gasteiger partial charge in [-0.2, -0.15) is 0 Å². The Morgan fingerprint density at radius 2 is 1.93 bits per heavy atom. The summed E-state index contributed by atoms with van der Waals surface area (Å²) >= 11 is 5.53. The smallest absolute Gasteiger partial charge is 0.230 e. The minimum atomic E-state index is -0.507. The molecule has 1 aromatic carbocycles. The van der Waals surface area contributed by atoms with Crippen molar-refractivity contribution in [3.63, 3.8) is 0 Å². The first-order valence-corrected chi connectivity index (χ1v) is 5.52. The first kappa shape index (κ1) is 12.1. The van der Waals surface area contributed by atoms with E-state index in [1.54, 1.807) is 0 Å².